The Hall–Kier alpha value is -1.02. The molecule has 3 saturated carbocycles. The van der Waals surface area contributed by atoms with E-state index in [-0.39, 0.29) is 6.10 Å². The topological polar surface area (TPSA) is 40.5 Å². The number of aromatic hydroxyl groups is 1. The highest BCUT2D eigenvalue weighted by atomic mass is 16.3. The molecule has 0 amide bonds. The summed E-state index contributed by atoms with van der Waals surface area (Å²) in [5.74, 6) is 2.41. The lowest BCUT2D eigenvalue weighted by Gasteiger charge is -2.51. The molecular weight excluding hydrogens is 260 g/mol. The molecule has 6 atom stereocenters. The number of phenols is 1. The first-order valence-electron chi connectivity index (χ1n) is 8.55. The molecule has 4 aliphatic carbocycles. The van der Waals surface area contributed by atoms with Crippen LogP contribution in [0.15, 0.2) is 18.2 Å². The monoisotopic (exact) mass is 284 g/mol. The van der Waals surface area contributed by atoms with Crippen LogP contribution in [0.4, 0.5) is 0 Å². The van der Waals surface area contributed by atoms with Crippen LogP contribution in [0.5, 0.6) is 5.75 Å². The Kier molecular flexibility index (Phi) is 2.18. The van der Waals surface area contributed by atoms with Crippen LogP contribution in [0.25, 0.3) is 0 Å². The summed E-state index contributed by atoms with van der Waals surface area (Å²) in [4.78, 5) is 0. The molecule has 3 fully saturated rings. The number of rotatable bonds is 0. The third-order valence-corrected chi connectivity index (χ3v) is 7.71. The summed E-state index contributed by atoms with van der Waals surface area (Å²) in [6, 6.07) is 6.01. The van der Waals surface area contributed by atoms with Gasteiger partial charge in [0.15, 0.2) is 0 Å². The number of aliphatic hydroxyl groups excluding tert-OH is 1. The van der Waals surface area contributed by atoms with Crippen LogP contribution >= 0.6 is 0 Å². The summed E-state index contributed by atoms with van der Waals surface area (Å²) in [7, 11) is 0. The minimum absolute atomic E-state index is 0.0463. The molecule has 0 saturated heterocycles. The Morgan fingerprint density at radius 3 is 2.81 bits per heavy atom. The van der Waals surface area contributed by atoms with Gasteiger partial charge in [0.25, 0.3) is 0 Å². The van der Waals surface area contributed by atoms with Crippen molar-refractivity contribution in [1.29, 1.82) is 0 Å². The van der Waals surface area contributed by atoms with Crippen molar-refractivity contribution in [2.45, 2.75) is 57.5 Å². The van der Waals surface area contributed by atoms with Gasteiger partial charge < -0.3 is 10.2 Å². The molecule has 21 heavy (non-hydrogen) atoms. The fourth-order valence-corrected chi connectivity index (χ4v) is 6.83. The summed E-state index contributed by atoms with van der Waals surface area (Å²) in [5, 5.41) is 20.2. The van der Waals surface area contributed by atoms with Crippen molar-refractivity contribution in [3.8, 4) is 5.75 Å². The Balaban J connectivity index is 1.59. The van der Waals surface area contributed by atoms with Gasteiger partial charge in [0, 0.05) is 0 Å². The third kappa shape index (κ3) is 1.34. The van der Waals surface area contributed by atoms with Crippen molar-refractivity contribution in [2.75, 3.05) is 0 Å². The van der Waals surface area contributed by atoms with E-state index in [0.29, 0.717) is 28.4 Å². The standard InChI is InChI=1S/C19H24O2/c1-18-7-6-14-13-4-3-12(20)8-11(13)2-5-15(14)19(18)9-16(19)17(21)10-18/h3-4,8,14-17,20-21H,2,5-7,9-10H2,1H3/t14-,15-,16-,17+,18-,19+/m1/s1. The molecule has 0 unspecified atom stereocenters. The minimum atomic E-state index is -0.0463. The molecule has 5 rings (SSSR count). The van der Waals surface area contributed by atoms with Gasteiger partial charge in [0.2, 0.25) is 0 Å². The maximum Gasteiger partial charge on any atom is 0.115 e. The van der Waals surface area contributed by atoms with Gasteiger partial charge >= 0.3 is 0 Å². The zero-order valence-electron chi connectivity index (χ0n) is 12.7. The lowest BCUT2D eigenvalue weighted by Crippen LogP contribution is -2.43. The van der Waals surface area contributed by atoms with Crippen LogP contribution in [0.1, 0.15) is 56.1 Å². The smallest absolute Gasteiger partial charge is 0.115 e. The van der Waals surface area contributed by atoms with Crippen LogP contribution < -0.4 is 0 Å². The number of fused-ring (bicyclic) bond motifs is 3. The molecule has 2 N–H and O–H groups in total. The number of hydrogen-bond donors (Lipinski definition) is 2. The van der Waals surface area contributed by atoms with E-state index in [4.69, 9.17) is 0 Å². The summed E-state index contributed by atoms with van der Waals surface area (Å²) in [6.45, 7) is 2.45. The van der Waals surface area contributed by atoms with Crippen LogP contribution in [0, 0.1) is 22.7 Å². The molecular formula is C19H24O2. The van der Waals surface area contributed by atoms with Gasteiger partial charge in [-0.1, -0.05) is 13.0 Å². The lowest BCUT2D eigenvalue weighted by atomic mass is 9.53. The first-order valence-corrected chi connectivity index (χ1v) is 8.55. The molecule has 0 aromatic heterocycles. The van der Waals surface area contributed by atoms with Gasteiger partial charge in [-0.05, 0) is 90.4 Å². The molecule has 2 heteroatoms. The van der Waals surface area contributed by atoms with Gasteiger partial charge in [-0.25, -0.2) is 0 Å². The van der Waals surface area contributed by atoms with Crippen molar-refractivity contribution in [2.24, 2.45) is 22.7 Å². The van der Waals surface area contributed by atoms with Crippen LogP contribution in [0.2, 0.25) is 0 Å². The van der Waals surface area contributed by atoms with E-state index in [1.54, 1.807) is 0 Å². The fourth-order valence-electron chi connectivity index (χ4n) is 6.83. The first kappa shape index (κ1) is 12.5. The van der Waals surface area contributed by atoms with Crippen LogP contribution in [-0.2, 0) is 6.42 Å². The largest absolute Gasteiger partial charge is 0.508 e. The van der Waals surface area contributed by atoms with E-state index in [1.807, 2.05) is 12.1 Å². The van der Waals surface area contributed by atoms with Crippen LogP contribution in [-0.4, -0.2) is 16.3 Å². The minimum Gasteiger partial charge on any atom is -0.508 e. The van der Waals surface area contributed by atoms with Crippen molar-refractivity contribution in [3.05, 3.63) is 29.3 Å². The average Bonchev–Trinajstić information content (AvgIpc) is 3.15. The summed E-state index contributed by atoms with van der Waals surface area (Å²) < 4.78 is 0. The number of phenolic OH excluding ortho intramolecular Hbond substituents is 1. The first-order chi connectivity index (χ1) is 10.1. The second-order valence-electron chi connectivity index (χ2n) is 8.36. The predicted molar refractivity (Wildman–Crippen MR) is 81.2 cm³/mol. The number of aryl methyl sites for hydroxylation is 1. The second kappa shape index (κ2) is 3.65. The molecule has 0 radical (unpaired) electrons. The molecule has 1 aromatic rings. The molecule has 4 aliphatic rings. The van der Waals surface area contributed by atoms with E-state index in [9.17, 15) is 10.2 Å². The van der Waals surface area contributed by atoms with Crippen molar-refractivity contribution in [3.63, 3.8) is 0 Å². The maximum absolute atomic E-state index is 10.4. The quantitative estimate of drug-likeness (QED) is 0.764. The normalized spacial score (nSPS) is 49.8. The molecule has 0 bridgehead atoms. The molecule has 1 spiro atoms. The third-order valence-electron chi connectivity index (χ3n) is 7.71. The zero-order valence-corrected chi connectivity index (χ0v) is 12.7. The molecule has 1 aromatic carbocycles. The maximum atomic E-state index is 10.4. The highest BCUT2D eigenvalue weighted by Gasteiger charge is 2.76. The Morgan fingerprint density at radius 2 is 2.00 bits per heavy atom. The SMILES string of the molecule is C[C@]12CC[C@@H]3c4ccc(O)cc4CC[C@H]3[C@]13C[C@@H]3[C@@H](O)C2. The fraction of sp³-hybridized carbons (Fsp3) is 0.684. The van der Waals surface area contributed by atoms with Gasteiger partial charge in [-0.15, -0.1) is 0 Å². The Bertz CT molecular complexity index is 624. The lowest BCUT2D eigenvalue weighted by molar-refractivity contribution is 0.0171. The molecule has 0 aliphatic heterocycles. The number of hydrogen-bond acceptors (Lipinski definition) is 2. The van der Waals surface area contributed by atoms with E-state index >= 15 is 0 Å². The summed E-state index contributed by atoms with van der Waals surface area (Å²) in [6.07, 6.45) is 7.13. The van der Waals surface area contributed by atoms with Crippen molar-refractivity contribution < 1.29 is 10.2 Å². The Labute approximate surface area is 126 Å². The van der Waals surface area contributed by atoms with Gasteiger partial charge in [-0.3, -0.25) is 0 Å². The molecule has 2 nitrogen and oxygen atoms in total. The van der Waals surface area contributed by atoms with E-state index < -0.39 is 0 Å². The summed E-state index contributed by atoms with van der Waals surface area (Å²) >= 11 is 0. The highest BCUT2D eigenvalue weighted by Crippen LogP contribution is 2.81. The van der Waals surface area contributed by atoms with E-state index in [0.717, 1.165) is 18.8 Å². The van der Waals surface area contributed by atoms with Crippen molar-refractivity contribution in [1.82, 2.24) is 0 Å². The Morgan fingerprint density at radius 1 is 1.14 bits per heavy atom. The van der Waals surface area contributed by atoms with Crippen LogP contribution in [0.3, 0.4) is 0 Å². The van der Waals surface area contributed by atoms with Crippen molar-refractivity contribution >= 4 is 0 Å². The van der Waals surface area contributed by atoms with Gasteiger partial charge in [-0.2, -0.15) is 0 Å². The zero-order chi connectivity index (χ0) is 14.4. The number of aliphatic hydroxyl groups is 1. The van der Waals surface area contributed by atoms with E-state index in [1.165, 1.54) is 36.8 Å². The average molecular weight is 284 g/mol. The second-order valence-corrected chi connectivity index (χ2v) is 8.36. The van der Waals surface area contributed by atoms with Gasteiger partial charge in [0.05, 0.1) is 6.10 Å². The molecule has 0 heterocycles. The number of benzene rings is 1. The highest BCUT2D eigenvalue weighted by molar-refractivity contribution is 5.42. The van der Waals surface area contributed by atoms with Gasteiger partial charge in [0.1, 0.15) is 5.75 Å². The van der Waals surface area contributed by atoms with E-state index in [2.05, 4.69) is 13.0 Å². The summed E-state index contributed by atoms with van der Waals surface area (Å²) in [5.41, 5.74) is 3.68. The molecule has 112 valence electrons. The predicted octanol–water partition coefficient (Wildman–Crippen LogP) is 3.61.